The van der Waals surface area contributed by atoms with Gasteiger partial charge in [0, 0.05) is 44.8 Å². The molecule has 0 saturated carbocycles. The zero-order valence-corrected chi connectivity index (χ0v) is 20.4. The molecule has 1 saturated heterocycles. The number of nitrogens with zero attached hydrogens (tertiary/aromatic N) is 4. The first-order valence-electron chi connectivity index (χ1n) is 11.6. The molecule has 1 fully saturated rings. The summed E-state index contributed by atoms with van der Waals surface area (Å²) in [6.45, 7) is 6.73. The van der Waals surface area contributed by atoms with Gasteiger partial charge in [-0.15, -0.1) is 0 Å². The fourth-order valence-corrected chi connectivity index (χ4v) is 4.08. The Morgan fingerprint density at radius 2 is 1.44 bits per heavy atom. The Bertz CT molecular complexity index is 1080. The molecule has 1 aromatic carbocycles. The van der Waals surface area contributed by atoms with Crippen LogP contribution in [0.15, 0.2) is 30.5 Å². The molecule has 2 aromatic rings. The molecule has 3 heterocycles. The maximum absolute atomic E-state index is 13.5. The predicted octanol–water partition coefficient (Wildman–Crippen LogP) is 4.16. The van der Waals surface area contributed by atoms with E-state index in [1.165, 1.54) is 43.8 Å². The lowest BCUT2D eigenvalue weighted by Gasteiger charge is -2.27. The number of carbonyl (C=O) groups is 2. The molecule has 0 amide bonds. The summed E-state index contributed by atoms with van der Waals surface area (Å²) in [6, 6.07) is 6.26. The number of aromatic nitrogens is 2. The number of carboxylic acids is 2. The second kappa shape index (κ2) is 13.7. The third-order valence-corrected chi connectivity index (χ3v) is 5.73. The van der Waals surface area contributed by atoms with Crippen LogP contribution >= 0.6 is 0 Å². The minimum Gasteiger partial charge on any atom is -0.475 e. The van der Waals surface area contributed by atoms with Crippen molar-refractivity contribution in [1.29, 1.82) is 0 Å². The van der Waals surface area contributed by atoms with Gasteiger partial charge in [-0.1, -0.05) is 6.07 Å². The first-order chi connectivity index (χ1) is 18.1. The van der Waals surface area contributed by atoms with Crippen LogP contribution in [-0.4, -0.2) is 80.3 Å². The van der Waals surface area contributed by atoms with E-state index in [-0.39, 0.29) is 0 Å². The molecule has 39 heavy (non-hydrogen) atoms. The summed E-state index contributed by atoms with van der Waals surface area (Å²) in [4.78, 5) is 22.7. The number of benzene rings is 1. The number of alkyl halides is 6. The lowest BCUT2D eigenvalue weighted by molar-refractivity contribution is -0.193. The van der Waals surface area contributed by atoms with Gasteiger partial charge >= 0.3 is 24.3 Å². The molecule has 2 N–H and O–H groups in total. The van der Waals surface area contributed by atoms with Crippen molar-refractivity contribution in [3.63, 3.8) is 0 Å². The van der Waals surface area contributed by atoms with E-state index in [0.29, 0.717) is 12.5 Å². The SMILES string of the molecule is Fc1ccc(CN2Cc3ccnn3CC(CN3CCCC3)C2)cc1F.O=C(O)C(F)(F)F.O=C(O)C(F)(F)F. The van der Waals surface area contributed by atoms with Crippen molar-refractivity contribution in [2.75, 3.05) is 26.2 Å². The number of hydrogen-bond donors (Lipinski definition) is 2. The molecule has 16 heteroatoms. The van der Waals surface area contributed by atoms with E-state index in [1.54, 1.807) is 6.07 Å². The Morgan fingerprint density at radius 1 is 0.872 bits per heavy atom. The van der Waals surface area contributed by atoms with Gasteiger partial charge in [-0.05, 0) is 49.7 Å². The van der Waals surface area contributed by atoms with E-state index >= 15 is 0 Å². The van der Waals surface area contributed by atoms with Crippen LogP contribution in [-0.2, 0) is 29.2 Å². The van der Waals surface area contributed by atoms with Crippen molar-refractivity contribution in [3.05, 3.63) is 53.4 Å². The zero-order chi connectivity index (χ0) is 29.4. The molecule has 1 atom stereocenters. The van der Waals surface area contributed by atoms with Crippen molar-refractivity contribution in [1.82, 2.24) is 19.6 Å². The van der Waals surface area contributed by atoms with Gasteiger partial charge < -0.3 is 15.1 Å². The molecule has 8 nitrogen and oxygen atoms in total. The molecule has 218 valence electrons. The number of carboxylic acid groups (broad SMARTS) is 2. The zero-order valence-electron chi connectivity index (χ0n) is 20.4. The molecule has 1 aromatic heterocycles. The minimum absolute atomic E-state index is 0.490. The molecular formula is C23H26F8N4O4. The minimum atomic E-state index is -5.08. The first kappa shape index (κ1) is 31.9. The Morgan fingerprint density at radius 3 is 1.95 bits per heavy atom. The second-order valence-corrected chi connectivity index (χ2v) is 8.90. The normalized spacial score (nSPS) is 18.2. The Labute approximate surface area is 217 Å². The molecule has 0 radical (unpaired) electrons. The summed E-state index contributed by atoms with van der Waals surface area (Å²) in [5.74, 6) is -6.58. The number of aliphatic carboxylic acids is 2. The van der Waals surface area contributed by atoms with Crippen molar-refractivity contribution in [3.8, 4) is 0 Å². The van der Waals surface area contributed by atoms with Gasteiger partial charge in [0.1, 0.15) is 0 Å². The number of rotatable bonds is 4. The number of fused-ring (bicyclic) bond motifs is 1. The van der Waals surface area contributed by atoms with Crippen LogP contribution in [0, 0.1) is 17.6 Å². The van der Waals surface area contributed by atoms with Crippen LogP contribution in [0.3, 0.4) is 0 Å². The van der Waals surface area contributed by atoms with Crippen LogP contribution in [0.5, 0.6) is 0 Å². The highest BCUT2D eigenvalue weighted by atomic mass is 19.4. The Hall–Kier alpha value is -3.27. The van der Waals surface area contributed by atoms with Gasteiger partial charge in [0.25, 0.3) is 0 Å². The summed E-state index contributed by atoms with van der Waals surface area (Å²) in [6.07, 6.45) is -5.74. The summed E-state index contributed by atoms with van der Waals surface area (Å²) in [5, 5.41) is 18.7. The van der Waals surface area contributed by atoms with Crippen LogP contribution in [0.2, 0.25) is 0 Å². The lowest BCUT2D eigenvalue weighted by Crippen LogP contribution is -2.35. The van der Waals surface area contributed by atoms with Gasteiger partial charge in [-0.25, -0.2) is 18.4 Å². The molecule has 0 spiro atoms. The van der Waals surface area contributed by atoms with Crippen LogP contribution < -0.4 is 0 Å². The molecule has 0 aliphatic carbocycles. The number of likely N-dealkylation sites (tertiary alicyclic amines) is 1. The van der Waals surface area contributed by atoms with E-state index in [4.69, 9.17) is 19.8 Å². The molecule has 2 aliphatic heterocycles. The van der Waals surface area contributed by atoms with Gasteiger partial charge in [-0.2, -0.15) is 31.4 Å². The number of halogens is 8. The maximum atomic E-state index is 13.5. The summed E-state index contributed by atoms with van der Waals surface area (Å²) in [5.41, 5.74) is 2.00. The first-order valence-corrected chi connectivity index (χ1v) is 11.6. The molecular weight excluding hydrogens is 548 g/mol. The van der Waals surface area contributed by atoms with Crippen molar-refractivity contribution >= 4 is 11.9 Å². The summed E-state index contributed by atoms with van der Waals surface area (Å²) in [7, 11) is 0. The molecule has 1 unspecified atom stereocenters. The fourth-order valence-electron chi connectivity index (χ4n) is 4.08. The predicted molar refractivity (Wildman–Crippen MR) is 119 cm³/mol. The quantitative estimate of drug-likeness (QED) is 0.530. The van der Waals surface area contributed by atoms with E-state index in [2.05, 4.69) is 25.6 Å². The topological polar surface area (TPSA) is 98.9 Å². The monoisotopic (exact) mass is 574 g/mol. The van der Waals surface area contributed by atoms with Crippen LogP contribution in [0.25, 0.3) is 0 Å². The van der Waals surface area contributed by atoms with Gasteiger partial charge in [0.05, 0.1) is 5.69 Å². The van der Waals surface area contributed by atoms with E-state index in [9.17, 15) is 35.1 Å². The van der Waals surface area contributed by atoms with E-state index < -0.39 is 35.9 Å². The fraction of sp³-hybridized carbons (Fsp3) is 0.522. The molecule has 4 rings (SSSR count). The highest BCUT2D eigenvalue weighted by Gasteiger charge is 2.38. The summed E-state index contributed by atoms with van der Waals surface area (Å²) < 4.78 is 92.3. The van der Waals surface area contributed by atoms with Gasteiger partial charge in [0.15, 0.2) is 11.6 Å². The molecule has 2 aliphatic rings. The third kappa shape index (κ3) is 10.8. The van der Waals surface area contributed by atoms with E-state index in [1.807, 2.05) is 6.20 Å². The van der Waals surface area contributed by atoms with Crippen molar-refractivity contribution in [2.45, 2.75) is 44.8 Å². The average molecular weight is 574 g/mol. The number of hydrogen-bond acceptors (Lipinski definition) is 5. The highest BCUT2D eigenvalue weighted by molar-refractivity contribution is 5.73. The highest BCUT2D eigenvalue weighted by Crippen LogP contribution is 2.21. The third-order valence-electron chi connectivity index (χ3n) is 5.73. The smallest absolute Gasteiger partial charge is 0.475 e. The van der Waals surface area contributed by atoms with Gasteiger partial charge in [0.2, 0.25) is 0 Å². The van der Waals surface area contributed by atoms with Crippen LogP contribution in [0.4, 0.5) is 35.1 Å². The standard InChI is InChI=1S/C19H24F2N4.2C2HF3O2/c20-18-4-3-15(9-19(18)21)10-24-12-16(11-23-7-1-2-8-23)13-25-17(14-24)5-6-22-25;2*3-2(4,5)1(6)7/h3-6,9,16H,1-2,7-8,10-14H2;2*(H,6,7). The lowest BCUT2D eigenvalue weighted by atomic mass is 10.1. The van der Waals surface area contributed by atoms with Gasteiger partial charge in [-0.3, -0.25) is 9.58 Å². The van der Waals surface area contributed by atoms with E-state index in [0.717, 1.165) is 31.7 Å². The Kier molecular flexibility index (Phi) is 11.2. The maximum Gasteiger partial charge on any atom is 0.490 e. The Balaban J connectivity index is 0.000000317. The summed E-state index contributed by atoms with van der Waals surface area (Å²) >= 11 is 0. The molecule has 0 bridgehead atoms. The van der Waals surface area contributed by atoms with Crippen LogP contribution in [0.1, 0.15) is 24.1 Å². The largest absolute Gasteiger partial charge is 0.490 e. The van der Waals surface area contributed by atoms with Crippen molar-refractivity contribution in [2.24, 2.45) is 5.92 Å². The van der Waals surface area contributed by atoms with Crippen molar-refractivity contribution < 1.29 is 54.9 Å². The second-order valence-electron chi connectivity index (χ2n) is 8.90. The average Bonchev–Trinajstić information content (AvgIpc) is 3.45.